The van der Waals surface area contributed by atoms with Gasteiger partial charge in [0.15, 0.2) is 11.5 Å². The summed E-state index contributed by atoms with van der Waals surface area (Å²) >= 11 is 0.795. The molecule has 0 fully saturated rings. The molecule has 0 atom stereocenters. The molecule has 2 rings (SSSR count). The molecule has 2 heterocycles. The number of amides is 1. The lowest BCUT2D eigenvalue weighted by atomic mass is 10.3. The Morgan fingerprint density at radius 3 is 2.65 bits per heavy atom. The number of aromatic carboxylic acids is 1. The predicted octanol–water partition coefficient (Wildman–Crippen LogP) is 1.40. The van der Waals surface area contributed by atoms with Gasteiger partial charge in [0.25, 0.3) is 5.91 Å². The van der Waals surface area contributed by atoms with Crippen molar-refractivity contribution in [2.45, 2.75) is 0 Å². The van der Waals surface area contributed by atoms with Crippen molar-refractivity contribution in [2.24, 2.45) is 0 Å². The first-order valence-corrected chi connectivity index (χ1v) is 5.95. The largest absolute Gasteiger partial charge is 0.476 e. The van der Waals surface area contributed by atoms with Crippen LogP contribution in [0.5, 0.6) is 0 Å². The van der Waals surface area contributed by atoms with E-state index in [1.54, 1.807) is 0 Å². The Morgan fingerprint density at radius 1 is 1.35 bits per heavy atom. The second-order valence-electron chi connectivity index (χ2n) is 3.44. The van der Waals surface area contributed by atoms with Gasteiger partial charge in [0.1, 0.15) is 0 Å². The maximum atomic E-state index is 11.8. The van der Waals surface area contributed by atoms with Crippen LogP contribution in [-0.4, -0.2) is 31.9 Å². The number of carboxylic acid groups (broad SMARTS) is 1. The third-order valence-corrected chi connectivity index (χ3v) is 3.04. The van der Waals surface area contributed by atoms with Gasteiger partial charge >= 0.3 is 11.0 Å². The molecule has 0 aromatic carbocycles. The lowest BCUT2D eigenvalue weighted by Gasteiger charge is -2.04. The number of carbonyl (C=O) groups is 2. The number of nitrogens with zero attached hydrogens (tertiary/aromatic N) is 3. The second-order valence-corrected chi connectivity index (χ2v) is 4.33. The molecular formula is C10H6N4O5S. The van der Waals surface area contributed by atoms with Gasteiger partial charge in [-0.05, 0) is 0 Å². The minimum absolute atomic E-state index is 0.0451. The summed E-state index contributed by atoms with van der Waals surface area (Å²) < 4.78 is 0. The van der Waals surface area contributed by atoms with E-state index < -0.39 is 22.5 Å². The third-order valence-electron chi connectivity index (χ3n) is 2.16. The van der Waals surface area contributed by atoms with Gasteiger partial charge in [-0.2, -0.15) is 0 Å². The quantitative estimate of drug-likeness (QED) is 0.642. The molecule has 1 amide bonds. The van der Waals surface area contributed by atoms with E-state index in [0.29, 0.717) is 0 Å². The molecule has 0 unspecified atom stereocenters. The molecule has 9 nitrogen and oxygen atoms in total. The van der Waals surface area contributed by atoms with Crippen LogP contribution < -0.4 is 5.32 Å². The molecule has 0 aliphatic rings. The van der Waals surface area contributed by atoms with Crippen molar-refractivity contribution in [3.05, 3.63) is 45.2 Å². The van der Waals surface area contributed by atoms with Crippen molar-refractivity contribution < 1.29 is 19.6 Å². The van der Waals surface area contributed by atoms with Gasteiger partial charge in [-0.3, -0.25) is 14.9 Å². The highest BCUT2D eigenvalue weighted by atomic mass is 32.1. The number of hydrogen-bond donors (Lipinski definition) is 2. The number of nitrogens with one attached hydrogen (secondary N) is 1. The number of carbonyl (C=O) groups excluding carboxylic acids is 1. The zero-order valence-corrected chi connectivity index (χ0v) is 10.5. The van der Waals surface area contributed by atoms with E-state index >= 15 is 0 Å². The van der Waals surface area contributed by atoms with Gasteiger partial charge in [0.05, 0.1) is 10.5 Å². The Kier molecular flexibility index (Phi) is 3.66. The average Bonchev–Trinajstić information content (AvgIpc) is 2.89. The van der Waals surface area contributed by atoms with Crippen molar-refractivity contribution in [3.8, 4) is 0 Å². The number of anilines is 1. The smallest absolute Gasteiger partial charge is 0.358 e. The fourth-order valence-corrected chi connectivity index (χ4v) is 2.01. The Labute approximate surface area is 115 Å². The van der Waals surface area contributed by atoms with E-state index in [2.05, 4.69) is 15.3 Å². The Bertz CT molecular complexity index is 698. The van der Waals surface area contributed by atoms with E-state index in [-0.39, 0.29) is 16.4 Å². The zero-order chi connectivity index (χ0) is 14.7. The van der Waals surface area contributed by atoms with Crippen molar-refractivity contribution in [1.82, 2.24) is 9.97 Å². The van der Waals surface area contributed by atoms with Crippen LogP contribution in [0.4, 0.5) is 10.8 Å². The van der Waals surface area contributed by atoms with Crippen molar-refractivity contribution in [3.63, 3.8) is 0 Å². The summed E-state index contributed by atoms with van der Waals surface area (Å²) in [5, 5.41) is 22.8. The predicted molar refractivity (Wildman–Crippen MR) is 67.9 cm³/mol. The second kappa shape index (κ2) is 5.40. The molecule has 0 saturated carbocycles. The average molecular weight is 294 g/mol. The molecular weight excluding hydrogens is 288 g/mol. The van der Waals surface area contributed by atoms with E-state index in [0.717, 1.165) is 17.4 Å². The first-order valence-electron chi connectivity index (χ1n) is 5.07. The summed E-state index contributed by atoms with van der Waals surface area (Å²) in [6.07, 6.45) is 2.40. The van der Waals surface area contributed by atoms with E-state index in [9.17, 15) is 19.7 Å². The fourth-order valence-electron chi connectivity index (χ4n) is 1.31. The third kappa shape index (κ3) is 2.75. The molecule has 2 aromatic rings. The first kappa shape index (κ1) is 13.5. The standard InChI is InChI=1S/C10H6N4O5S/c15-9(5-3-6(14(18)19)20-4-5)13-8-7(10(16)17)11-1-2-12-8/h1-4H,(H,16,17)(H,12,13,15). The summed E-state index contributed by atoms with van der Waals surface area (Å²) in [5.41, 5.74) is -0.366. The van der Waals surface area contributed by atoms with Crippen LogP contribution in [0.1, 0.15) is 20.8 Å². The van der Waals surface area contributed by atoms with Crippen LogP contribution in [0.25, 0.3) is 0 Å². The Hall–Kier alpha value is -2.88. The van der Waals surface area contributed by atoms with Crippen LogP contribution in [0.2, 0.25) is 0 Å². The van der Waals surface area contributed by atoms with Crippen molar-refractivity contribution >= 4 is 34.0 Å². The molecule has 0 aliphatic carbocycles. The minimum atomic E-state index is -1.34. The maximum absolute atomic E-state index is 11.8. The topological polar surface area (TPSA) is 135 Å². The van der Waals surface area contributed by atoms with Crippen LogP contribution in [0.3, 0.4) is 0 Å². The molecule has 20 heavy (non-hydrogen) atoms. The zero-order valence-electron chi connectivity index (χ0n) is 9.64. The number of aromatic nitrogens is 2. The number of thiophene rings is 1. The highest BCUT2D eigenvalue weighted by Crippen LogP contribution is 2.23. The molecule has 10 heteroatoms. The van der Waals surface area contributed by atoms with E-state index in [1.165, 1.54) is 17.8 Å². The van der Waals surface area contributed by atoms with Gasteiger partial charge in [0.2, 0.25) is 0 Å². The van der Waals surface area contributed by atoms with Crippen LogP contribution >= 0.6 is 11.3 Å². The summed E-state index contributed by atoms with van der Waals surface area (Å²) in [7, 11) is 0. The summed E-state index contributed by atoms with van der Waals surface area (Å²) in [6.45, 7) is 0. The van der Waals surface area contributed by atoms with Crippen LogP contribution in [-0.2, 0) is 0 Å². The van der Waals surface area contributed by atoms with E-state index in [4.69, 9.17) is 5.11 Å². The van der Waals surface area contributed by atoms with Gasteiger partial charge < -0.3 is 10.4 Å². The molecule has 0 aliphatic heterocycles. The normalized spacial score (nSPS) is 10.0. The van der Waals surface area contributed by atoms with Gasteiger partial charge in [-0.1, -0.05) is 11.3 Å². The fraction of sp³-hybridized carbons (Fsp3) is 0. The van der Waals surface area contributed by atoms with Crippen LogP contribution in [0, 0.1) is 10.1 Å². The number of hydrogen-bond acceptors (Lipinski definition) is 7. The number of carboxylic acids is 1. The number of nitro groups is 1. The monoisotopic (exact) mass is 294 g/mol. The molecule has 0 bridgehead atoms. The summed E-state index contributed by atoms with van der Waals surface area (Å²) in [6, 6.07) is 1.09. The SMILES string of the molecule is O=C(Nc1nccnc1C(=O)O)c1csc([N+](=O)[O-])c1. The molecule has 0 spiro atoms. The lowest BCUT2D eigenvalue weighted by molar-refractivity contribution is -0.380. The molecule has 0 radical (unpaired) electrons. The molecule has 2 aromatic heterocycles. The van der Waals surface area contributed by atoms with Crippen LogP contribution in [0.15, 0.2) is 23.8 Å². The molecule has 2 N–H and O–H groups in total. The summed E-state index contributed by atoms with van der Waals surface area (Å²) in [5.74, 6) is -2.26. The Balaban J connectivity index is 2.23. The Morgan fingerprint density at radius 2 is 2.05 bits per heavy atom. The molecule has 102 valence electrons. The van der Waals surface area contributed by atoms with Gasteiger partial charge in [0, 0.05) is 23.8 Å². The summed E-state index contributed by atoms with van der Waals surface area (Å²) in [4.78, 5) is 39.9. The maximum Gasteiger partial charge on any atom is 0.358 e. The van der Waals surface area contributed by atoms with Gasteiger partial charge in [-0.15, -0.1) is 0 Å². The molecule has 0 saturated heterocycles. The highest BCUT2D eigenvalue weighted by Gasteiger charge is 2.19. The number of rotatable bonds is 4. The minimum Gasteiger partial charge on any atom is -0.476 e. The van der Waals surface area contributed by atoms with Crippen molar-refractivity contribution in [2.75, 3.05) is 5.32 Å². The first-order chi connectivity index (χ1) is 9.49. The van der Waals surface area contributed by atoms with E-state index in [1.807, 2.05) is 0 Å². The lowest BCUT2D eigenvalue weighted by Crippen LogP contribution is -2.16. The van der Waals surface area contributed by atoms with Crippen molar-refractivity contribution in [1.29, 1.82) is 0 Å². The highest BCUT2D eigenvalue weighted by molar-refractivity contribution is 7.13. The van der Waals surface area contributed by atoms with Gasteiger partial charge in [-0.25, -0.2) is 14.8 Å².